The summed E-state index contributed by atoms with van der Waals surface area (Å²) in [5, 5.41) is 2.35. The molecule has 0 aliphatic heterocycles. The molecule has 0 unspecified atom stereocenters. The van der Waals surface area contributed by atoms with E-state index >= 15 is 0 Å². The third-order valence-electron chi connectivity index (χ3n) is 3.05. The van der Waals surface area contributed by atoms with Crippen LogP contribution in [0.1, 0.15) is 27.5 Å². The molecule has 0 aliphatic rings. The van der Waals surface area contributed by atoms with Crippen molar-refractivity contribution in [2.24, 2.45) is 0 Å². The minimum Gasteiger partial charge on any atom is -0.340 e. The van der Waals surface area contributed by atoms with Crippen molar-refractivity contribution < 1.29 is 18.0 Å². The van der Waals surface area contributed by atoms with E-state index in [1.54, 1.807) is 5.38 Å². The number of carbonyl (C=O) groups is 1. The Labute approximate surface area is 130 Å². The van der Waals surface area contributed by atoms with Crippen molar-refractivity contribution in [3.05, 3.63) is 52.0 Å². The monoisotopic (exact) mass is 328 g/mol. The van der Waals surface area contributed by atoms with Gasteiger partial charge in [-0.3, -0.25) is 4.79 Å². The number of alkyl halides is 3. The quantitative estimate of drug-likeness (QED) is 0.837. The fourth-order valence-electron chi connectivity index (χ4n) is 1.85. The molecule has 0 atom stereocenters. The van der Waals surface area contributed by atoms with Gasteiger partial charge in [0.1, 0.15) is 5.69 Å². The molecule has 1 heterocycles. The van der Waals surface area contributed by atoms with Crippen LogP contribution >= 0.6 is 11.3 Å². The smallest absolute Gasteiger partial charge is 0.340 e. The Hall–Kier alpha value is -1.89. The number of benzene rings is 1. The van der Waals surface area contributed by atoms with E-state index in [-0.39, 0.29) is 12.2 Å². The molecule has 0 N–H and O–H groups in total. The number of rotatable bonds is 5. The van der Waals surface area contributed by atoms with E-state index in [1.807, 2.05) is 30.3 Å². The van der Waals surface area contributed by atoms with Gasteiger partial charge in [0.2, 0.25) is 0 Å². The molecule has 0 radical (unpaired) electrons. The van der Waals surface area contributed by atoms with Gasteiger partial charge in [0.25, 0.3) is 5.91 Å². The Kier molecular flexibility index (Phi) is 5.18. The minimum atomic E-state index is -4.27. The standard InChI is InChI=1S/C15H15F3N2OS/c1-20(8-7-15(16,17)18)14(21)12-10-22-13(19-12)9-11-5-3-2-4-6-11/h2-6,10H,7-9H2,1H3. The van der Waals surface area contributed by atoms with Crippen LogP contribution in [-0.2, 0) is 6.42 Å². The lowest BCUT2D eigenvalue weighted by Crippen LogP contribution is -2.30. The van der Waals surface area contributed by atoms with Gasteiger partial charge in [-0.1, -0.05) is 30.3 Å². The van der Waals surface area contributed by atoms with E-state index in [0.29, 0.717) is 6.42 Å². The van der Waals surface area contributed by atoms with E-state index < -0.39 is 18.5 Å². The summed E-state index contributed by atoms with van der Waals surface area (Å²) in [4.78, 5) is 17.3. The third kappa shape index (κ3) is 4.84. The molecule has 1 aromatic heterocycles. The van der Waals surface area contributed by atoms with Gasteiger partial charge in [0.05, 0.1) is 11.4 Å². The number of halogens is 3. The highest BCUT2D eigenvalue weighted by Crippen LogP contribution is 2.20. The SMILES string of the molecule is CN(CCC(F)(F)F)C(=O)c1csc(Cc2ccccc2)n1. The second-order valence-electron chi connectivity index (χ2n) is 4.88. The van der Waals surface area contributed by atoms with Gasteiger partial charge in [-0.15, -0.1) is 11.3 Å². The Balaban J connectivity index is 1.97. The maximum atomic E-state index is 12.2. The minimum absolute atomic E-state index is 0.195. The van der Waals surface area contributed by atoms with E-state index in [2.05, 4.69) is 4.98 Å². The number of hydrogen-bond donors (Lipinski definition) is 0. The number of thiazole rings is 1. The number of aromatic nitrogens is 1. The number of hydrogen-bond acceptors (Lipinski definition) is 3. The maximum Gasteiger partial charge on any atom is 0.390 e. The van der Waals surface area contributed by atoms with E-state index in [4.69, 9.17) is 0 Å². The third-order valence-corrected chi connectivity index (χ3v) is 3.90. The summed E-state index contributed by atoms with van der Waals surface area (Å²) in [6.45, 7) is -0.367. The molecule has 0 bridgehead atoms. The molecule has 0 fully saturated rings. The highest BCUT2D eigenvalue weighted by atomic mass is 32.1. The molecule has 2 aromatic rings. The second kappa shape index (κ2) is 6.91. The molecule has 22 heavy (non-hydrogen) atoms. The lowest BCUT2D eigenvalue weighted by Gasteiger charge is -2.16. The molecule has 7 heteroatoms. The zero-order chi connectivity index (χ0) is 16.2. The zero-order valence-electron chi connectivity index (χ0n) is 11.9. The summed E-state index contributed by atoms with van der Waals surface area (Å²) < 4.78 is 36.5. The van der Waals surface area contributed by atoms with Crippen LogP contribution in [0.5, 0.6) is 0 Å². The lowest BCUT2D eigenvalue weighted by molar-refractivity contribution is -0.136. The summed E-state index contributed by atoms with van der Waals surface area (Å²) >= 11 is 1.33. The van der Waals surface area contributed by atoms with Crippen LogP contribution in [0, 0.1) is 0 Å². The maximum absolute atomic E-state index is 12.2. The molecule has 0 aliphatic carbocycles. The highest BCUT2D eigenvalue weighted by Gasteiger charge is 2.28. The molecule has 0 saturated carbocycles. The van der Waals surface area contributed by atoms with Gasteiger partial charge >= 0.3 is 6.18 Å². The van der Waals surface area contributed by atoms with Gasteiger partial charge in [0.15, 0.2) is 0 Å². The molecule has 0 spiro atoms. The average Bonchev–Trinajstić information content (AvgIpc) is 2.92. The fourth-order valence-corrected chi connectivity index (χ4v) is 2.65. The van der Waals surface area contributed by atoms with Gasteiger partial charge < -0.3 is 4.90 Å². The zero-order valence-corrected chi connectivity index (χ0v) is 12.7. The average molecular weight is 328 g/mol. The van der Waals surface area contributed by atoms with Crippen LogP contribution in [0.25, 0.3) is 0 Å². The first-order chi connectivity index (χ1) is 10.3. The van der Waals surface area contributed by atoms with Crippen molar-refractivity contribution in [1.82, 2.24) is 9.88 Å². The van der Waals surface area contributed by atoms with Crippen LogP contribution in [-0.4, -0.2) is 35.6 Å². The van der Waals surface area contributed by atoms with Crippen molar-refractivity contribution in [3.63, 3.8) is 0 Å². The topological polar surface area (TPSA) is 33.2 Å². The van der Waals surface area contributed by atoms with E-state index in [9.17, 15) is 18.0 Å². The van der Waals surface area contributed by atoms with Crippen molar-refractivity contribution in [2.45, 2.75) is 19.0 Å². The Morgan fingerprint density at radius 2 is 1.95 bits per heavy atom. The van der Waals surface area contributed by atoms with Crippen molar-refractivity contribution >= 4 is 17.2 Å². The summed E-state index contributed by atoms with van der Waals surface area (Å²) in [6.07, 6.45) is -4.68. The molecule has 1 amide bonds. The van der Waals surface area contributed by atoms with Gasteiger partial charge in [-0.05, 0) is 5.56 Å². The molecular formula is C15H15F3N2OS. The van der Waals surface area contributed by atoms with Crippen molar-refractivity contribution in [3.8, 4) is 0 Å². The largest absolute Gasteiger partial charge is 0.390 e. The number of carbonyl (C=O) groups excluding carboxylic acids is 1. The van der Waals surface area contributed by atoms with Gasteiger partial charge in [-0.2, -0.15) is 13.2 Å². The van der Waals surface area contributed by atoms with Crippen molar-refractivity contribution in [1.29, 1.82) is 0 Å². The van der Waals surface area contributed by atoms with Crippen LogP contribution in [0.3, 0.4) is 0 Å². The first-order valence-corrected chi connectivity index (χ1v) is 7.53. The Bertz CT molecular complexity index is 625. The van der Waals surface area contributed by atoms with E-state index in [1.165, 1.54) is 18.4 Å². The first-order valence-electron chi connectivity index (χ1n) is 6.66. The summed E-state index contributed by atoms with van der Waals surface area (Å²) in [7, 11) is 1.35. The lowest BCUT2D eigenvalue weighted by atomic mass is 10.2. The Morgan fingerprint density at radius 3 is 2.59 bits per heavy atom. The van der Waals surface area contributed by atoms with Gasteiger partial charge in [0, 0.05) is 25.4 Å². The van der Waals surface area contributed by atoms with Crippen LogP contribution in [0.15, 0.2) is 35.7 Å². The van der Waals surface area contributed by atoms with E-state index in [0.717, 1.165) is 15.5 Å². The normalized spacial score (nSPS) is 11.5. The number of nitrogens with zero attached hydrogens (tertiary/aromatic N) is 2. The van der Waals surface area contributed by atoms with Crippen LogP contribution < -0.4 is 0 Å². The second-order valence-corrected chi connectivity index (χ2v) is 5.82. The highest BCUT2D eigenvalue weighted by molar-refractivity contribution is 7.09. The molecule has 0 saturated heterocycles. The van der Waals surface area contributed by atoms with Crippen LogP contribution in [0.2, 0.25) is 0 Å². The van der Waals surface area contributed by atoms with Crippen LogP contribution in [0.4, 0.5) is 13.2 Å². The van der Waals surface area contributed by atoms with Gasteiger partial charge in [-0.25, -0.2) is 4.98 Å². The molecular weight excluding hydrogens is 313 g/mol. The summed E-state index contributed by atoms with van der Waals surface area (Å²) in [5.41, 5.74) is 1.27. The summed E-state index contributed by atoms with van der Waals surface area (Å²) in [5.74, 6) is -0.486. The predicted octanol–water partition coefficient (Wildman–Crippen LogP) is 3.76. The first kappa shape index (κ1) is 16.5. The van der Waals surface area contributed by atoms with Crippen molar-refractivity contribution in [2.75, 3.05) is 13.6 Å². The Morgan fingerprint density at radius 1 is 1.27 bits per heavy atom. The molecule has 2 rings (SSSR count). The predicted molar refractivity (Wildman–Crippen MR) is 79.0 cm³/mol. The molecule has 118 valence electrons. The number of amides is 1. The molecule has 1 aromatic carbocycles. The fraction of sp³-hybridized carbons (Fsp3) is 0.333. The molecule has 3 nitrogen and oxygen atoms in total. The summed E-state index contributed by atoms with van der Waals surface area (Å²) in [6, 6.07) is 9.66.